The topological polar surface area (TPSA) is 58.0 Å². The Morgan fingerprint density at radius 1 is 0.167 bits per heavy atom. The molecule has 0 N–H and O–H groups in total. The van der Waals surface area contributed by atoms with E-state index in [1.54, 1.807) is 0 Å². The summed E-state index contributed by atoms with van der Waals surface area (Å²) < 4.78 is 0. The van der Waals surface area contributed by atoms with E-state index < -0.39 is 10.8 Å². The van der Waals surface area contributed by atoms with Crippen molar-refractivity contribution in [1.82, 2.24) is 19.9 Å². The zero-order valence-electron chi connectivity index (χ0n) is 58.9. The average Bonchev–Trinajstić information content (AvgIpc) is 1.51. The minimum Gasteiger partial charge on any atom is -0.310 e. The van der Waals surface area contributed by atoms with Crippen LogP contribution in [0.5, 0.6) is 0 Å². The molecular formula is C102H68N6. The summed E-state index contributed by atoms with van der Waals surface area (Å²) in [7, 11) is 0. The maximum Gasteiger partial charge on any atom is 0.0973 e. The van der Waals surface area contributed by atoms with Crippen molar-refractivity contribution in [2.45, 2.75) is 10.8 Å². The molecule has 0 aliphatic heterocycles. The zero-order chi connectivity index (χ0) is 71.5. The summed E-state index contributed by atoms with van der Waals surface area (Å²) >= 11 is 0. The number of para-hydroxylation sites is 8. The highest BCUT2D eigenvalue weighted by Crippen LogP contribution is 2.64. The first-order valence-electron chi connectivity index (χ1n) is 36.9. The van der Waals surface area contributed by atoms with E-state index in [1.807, 2.05) is 48.5 Å². The van der Waals surface area contributed by atoms with Crippen LogP contribution in [0.1, 0.15) is 44.5 Å². The van der Waals surface area contributed by atoms with Gasteiger partial charge in [0, 0.05) is 56.4 Å². The Hall–Kier alpha value is -14.2. The molecule has 0 bridgehead atoms. The third-order valence-electron chi connectivity index (χ3n) is 22.0. The van der Waals surface area contributed by atoms with Gasteiger partial charge in [-0.25, -0.2) is 19.9 Å². The Morgan fingerprint density at radius 3 is 0.769 bits per heavy atom. The molecule has 0 saturated carbocycles. The molecule has 6 heteroatoms. The van der Waals surface area contributed by atoms with Gasteiger partial charge in [0.25, 0.3) is 0 Å². The molecule has 0 unspecified atom stereocenters. The second kappa shape index (κ2) is 26.5. The summed E-state index contributed by atoms with van der Waals surface area (Å²) in [5.74, 6) is 0. The van der Waals surface area contributed by atoms with Crippen LogP contribution in [0.25, 0.3) is 100 Å². The molecule has 0 fully saturated rings. The van der Waals surface area contributed by atoms with E-state index in [0.29, 0.717) is 0 Å². The van der Waals surface area contributed by atoms with Crippen LogP contribution in [0.15, 0.2) is 413 Å². The fourth-order valence-electron chi connectivity index (χ4n) is 17.4. The number of hydrogen-bond acceptors (Lipinski definition) is 6. The molecule has 3 aliphatic carbocycles. The number of fused-ring (bicyclic) bond motifs is 15. The van der Waals surface area contributed by atoms with Crippen LogP contribution in [-0.2, 0) is 10.8 Å². The summed E-state index contributed by atoms with van der Waals surface area (Å²) in [6.45, 7) is 0. The highest BCUT2D eigenvalue weighted by Gasteiger charge is 2.52. The normalized spacial score (nSPS) is 12.8. The molecule has 506 valence electrons. The second-order valence-corrected chi connectivity index (χ2v) is 27.9. The molecule has 108 heavy (non-hydrogen) atoms. The molecule has 6 nitrogen and oxygen atoms in total. The monoisotopic (exact) mass is 1380 g/mol. The first-order chi connectivity index (χ1) is 53.6. The largest absolute Gasteiger partial charge is 0.310 e. The molecule has 1 spiro atoms. The van der Waals surface area contributed by atoms with Crippen molar-refractivity contribution in [3.05, 3.63) is 457 Å². The van der Waals surface area contributed by atoms with Gasteiger partial charge in [0.05, 0.1) is 55.7 Å². The van der Waals surface area contributed by atoms with Gasteiger partial charge in [-0.3, -0.25) is 0 Å². The highest BCUT2D eigenvalue weighted by molar-refractivity contribution is 5.99. The van der Waals surface area contributed by atoms with Crippen molar-refractivity contribution in [3.63, 3.8) is 0 Å². The van der Waals surface area contributed by atoms with Gasteiger partial charge in [-0.2, -0.15) is 0 Å². The lowest BCUT2D eigenvalue weighted by atomic mass is 9.67. The van der Waals surface area contributed by atoms with Gasteiger partial charge in [-0.1, -0.05) is 303 Å². The van der Waals surface area contributed by atoms with E-state index in [0.717, 1.165) is 101 Å². The van der Waals surface area contributed by atoms with Gasteiger partial charge in [-0.15, -0.1) is 0 Å². The molecule has 18 aromatic rings. The summed E-state index contributed by atoms with van der Waals surface area (Å²) in [6.07, 6.45) is 0. The first kappa shape index (κ1) is 63.5. The van der Waals surface area contributed by atoms with Crippen LogP contribution >= 0.6 is 0 Å². The fraction of sp³-hybridized carbons (Fsp3) is 0.0196. The quantitative estimate of drug-likeness (QED) is 0.121. The van der Waals surface area contributed by atoms with Crippen molar-refractivity contribution in [2.75, 3.05) is 9.80 Å². The lowest BCUT2D eigenvalue weighted by molar-refractivity contribution is 0.768. The number of anilines is 6. The standard InChI is InChI=1S/C51H33N3.C51H35N3/c1-4-16-34(17-5-1)49-50(53-48-27-15-14-26-47(48)52-49)35-28-30-41-42-31-29-38(54(36-18-6-2-7-19-36)37-20-8-3-9-21-37)33-46(42)51(45(41)32-35)43-24-12-10-22-39(43)40-23-11-13-25-44(40)51;1-6-18-36(19-7-1)49-50(53-48-29-17-16-28-47(48)52-49)37-30-32-43-44-33-31-42(54(40-24-12-4-13-25-40)41-26-14-5-15-27-41)35-46(44)51(45(43)34-37,38-20-8-2-9-21-38)39-22-10-3-11-23-39/h1-33H;1-35H. The average molecular weight is 1380 g/mol. The minimum absolute atomic E-state index is 0.542. The van der Waals surface area contributed by atoms with Crippen LogP contribution in [0.3, 0.4) is 0 Å². The van der Waals surface area contributed by atoms with Crippen molar-refractivity contribution >= 4 is 56.2 Å². The molecule has 2 heterocycles. The van der Waals surface area contributed by atoms with Crippen LogP contribution in [0, 0.1) is 0 Å². The summed E-state index contributed by atoms with van der Waals surface area (Å²) in [5, 5.41) is 0. The van der Waals surface area contributed by atoms with E-state index in [1.165, 1.54) is 77.9 Å². The van der Waals surface area contributed by atoms with Gasteiger partial charge < -0.3 is 9.80 Å². The predicted octanol–water partition coefficient (Wildman–Crippen LogP) is 25.6. The zero-order valence-corrected chi connectivity index (χ0v) is 58.9. The lowest BCUT2D eigenvalue weighted by Gasteiger charge is -2.35. The molecule has 0 saturated heterocycles. The number of aromatic nitrogens is 4. The van der Waals surface area contributed by atoms with E-state index in [4.69, 9.17) is 19.9 Å². The van der Waals surface area contributed by atoms with E-state index in [-0.39, 0.29) is 0 Å². The van der Waals surface area contributed by atoms with Crippen LogP contribution in [0.2, 0.25) is 0 Å². The van der Waals surface area contributed by atoms with E-state index >= 15 is 0 Å². The Bertz CT molecular complexity index is 5950. The summed E-state index contributed by atoms with van der Waals surface area (Å²) in [4.78, 5) is 25.8. The molecule has 2 aromatic heterocycles. The lowest BCUT2D eigenvalue weighted by Crippen LogP contribution is -2.28. The highest BCUT2D eigenvalue weighted by atomic mass is 15.1. The Kier molecular flexibility index (Phi) is 15.6. The Morgan fingerprint density at radius 2 is 0.417 bits per heavy atom. The van der Waals surface area contributed by atoms with Gasteiger partial charge in [0.2, 0.25) is 0 Å². The van der Waals surface area contributed by atoms with Crippen LogP contribution < -0.4 is 9.80 Å². The Labute approximate surface area is 628 Å². The summed E-state index contributed by atoms with van der Waals surface area (Å²) in [6, 6.07) is 148. The SMILES string of the molecule is c1ccc(-c2nc3ccccc3nc2-c2ccc3c(c2)C(c2ccccc2)(c2ccccc2)c2cc(N(c4ccccc4)c4ccccc4)ccc2-3)cc1.c1ccc(-c2nc3ccccc3nc2-c2ccc3c(c2)C2(c4ccccc4-c4ccccc42)c2cc(N(c4ccccc4)c4ccccc4)ccc2-3)cc1. The molecule has 0 atom stereocenters. The van der Waals surface area contributed by atoms with Gasteiger partial charge in [-0.05, 0) is 187 Å². The maximum absolute atomic E-state index is 5.34. The predicted molar refractivity (Wildman–Crippen MR) is 444 cm³/mol. The van der Waals surface area contributed by atoms with Crippen molar-refractivity contribution in [2.24, 2.45) is 0 Å². The van der Waals surface area contributed by atoms with Gasteiger partial charge >= 0.3 is 0 Å². The third kappa shape index (κ3) is 10.4. The number of rotatable bonds is 12. The molecule has 21 rings (SSSR count). The molecule has 0 radical (unpaired) electrons. The molecule has 3 aliphatic rings. The Balaban J connectivity index is 0.000000142. The number of benzene rings is 16. The van der Waals surface area contributed by atoms with Crippen molar-refractivity contribution < 1.29 is 0 Å². The van der Waals surface area contributed by atoms with Crippen LogP contribution in [0.4, 0.5) is 34.1 Å². The summed E-state index contributed by atoms with van der Waals surface area (Å²) in [5.41, 5.74) is 34.3. The minimum atomic E-state index is -0.616. The molecule has 16 aromatic carbocycles. The third-order valence-corrected chi connectivity index (χ3v) is 22.0. The van der Waals surface area contributed by atoms with Crippen molar-refractivity contribution in [3.8, 4) is 78.4 Å². The van der Waals surface area contributed by atoms with Gasteiger partial charge in [0.15, 0.2) is 0 Å². The van der Waals surface area contributed by atoms with E-state index in [2.05, 4.69) is 374 Å². The second-order valence-electron chi connectivity index (χ2n) is 27.9. The molecule has 0 amide bonds. The van der Waals surface area contributed by atoms with Crippen molar-refractivity contribution in [1.29, 1.82) is 0 Å². The van der Waals surface area contributed by atoms with E-state index in [9.17, 15) is 0 Å². The van der Waals surface area contributed by atoms with Gasteiger partial charge in [0.1, 0.15) is 0 Å². The first-order valence-corrected chi connectivity index (χ1v) is 36.9. The maximum atomic E-state index is 5.34. The smallest absolute Gasteiger partial charge is 0.0973 e. The van der Waals surface area contributed by atoms with Crippen LogP contribution in [-0.4, -0.2) is 19.9 Å². The molecular weight excluding hydrogens is 1310 g/mol. The number of nitrogens with zero attached hydrogens (tertiary/aromatic N) is 6. The fourth-order valence-corrected chi connectivity index (χ4v) is 17.4. The number of hydrogen-bond donors (Lipinski definition) is 0.